The summed E-state index contributed by atoms with van der Waals surface area (Å²) in [6, 6.07) is 3.56. The molecule has 2 aliphatic heterocycles. The lowest BCUT2D eigenvalue weighted by Crippen LogP contribution is -2.35. The molecule has 2 aromatic rings. The van der Waals surface area contributed by atoms with Gasteiger partial charge in [-0.3, -0.25) is 14.5 Å². The lowest BCUT2D eigenvalue weighted by molar-refractivity contribution is -0.193. The van der Waals surface area contributed by atoms with Crippen LogP contribution in [0.3, 0.4) is 0 Å². The second kappa shape index (κ2) is 12.0. The van der Waals surface area contributed by atoms with E-state index in [1.807, 2.05) is 17.9 Å². The second-order valence-corrected chi connectivity index (χ2v) is 8.73. The molecule has 0 radical (unpaired) electrons. The molecule has 0 bridgehead atoms. The van der Waals surface area contributed by atoms with E-state index < -0.39 is 24.3 Å². The van der Waals surface area contributed by atoms with Crippen molar-refractivity contribution in [2.24, 2.45) is 7.05 Å². The summed E-state index contributed by atoms with van der Waals surface area (Å²) in [7, 11) is 1.99. The number of alkyl halides is 6. The highest BCUT2D eigenvalue weighted by Gasteiger charge is 2.42. The van der Waals surface area contributed by atoms with Crippen LogP contribution in [0, 0.1) is 13.8 Å². The zero-order valence-corrected chi connectivity index (χ0v) is 20.3. The van der Waals surface area contributed by atoms with Crippen LogP contribution in [-0.2, 0) is 29.7 Å². The molecule has 2 saturated heterocycles. The van der Waals surface area contributed by atoms with Crippen LogP contribution in [0.15, 0.2) is 22.9 Å². The first-order chi connectivity index (χ1) is 17.0. The number of fused-ring (bicyclic) bond motifs is 1. The Morgan fingerprint density at radius 3 is 1.78 bits per heavy atom. The van der Waals surface area contributed by atoms with Gasteiger partial charge in [0.25, 0.3) is 0 Å². The highest BCUT2D eigenvalue weighted by atomic mass is 19.4. The standard InChI is InChI=1S/C18H26N4O.2C2HF3O2/c1-13-8-16(23-14(13)2)12-22-7-5-17-18(22)4-6-21(17)11-15-9-19-20(3)10-15;2*3-2(4,5)1(6)7/h8-10,17-18H,4-7,11-12H2,1-3H3;2*(H,6,7)/t17-,18+;;/m0../s1. The van der Waals surface area contributed by atoms with Gasteiger partial charge in [0.1, 0.15) is 11.5 Å². The van der Waals surface area contributed by atoms with E-state index in [2.05, 4.69) is 41.0 Å². The van der Waals surface area contributed by atoms with E-state index in [0.717, 1.165) is 24.6 Å². The van der Waals surface area contributed by atoms with E-state index >= 15 is 0 Å². The molecule has 4 rings (SSSR count). The Kier molecular flexibility index (Phi) is 9.77. The van der Waals surface area contributed by atoms with Gasteiger partial charge in [-0.05, 0) is 38.3 Å². The van der Waals surface area contributed by atoms with Crippen LogP contribution in [0.1, 0.15) is 35.5 Å². The summed E-state index contributed by atoms with van der Waals surface area (Å²) in [5.41, 5.74) is 2.59. The maximum absolute atomic E-state index is 10.6. The number of carboxylic acid groups (broad SMARTS) is 2. The van der Waals surface area contributed by atoms with Crippen molar-refractivity contribution < 1.29 is 50.6 Å². The molecule has 2 aliphatic rings. The van der Waals surface area contributed by atoms with Gasteiger partial charge in [-0.15, -0.1) is 0 Å². The first-order valence-electron chi connectivity index (χ1n) is 11.1. The maximum Gasteiger partial charge on any atom is 0.490 e. The first kappa shape index (κ1) is 30.2. The Morgan fingerprint density at radius 1 is 0.973 bits per heavy atom. The molecule has 2 atom stereocenters. The van der Waals surface area contributed by atoms with Gasteiger partial charge in [-0.1, -0.05) is 0 Å². The topological polar surface area (TPSA) is 112 Å². The monoisotopic (exact) mass is 542 g/mol. The van der Waals surface area contributed by atoms with Crippen molar-refractivity contribution in [3.63, 3.8) is 0 Å². The molecule has 4 heterocycles. The third-order valence-electron chi connectivity index (χ3n) is 6.01. The quantitative estimate of drug-likeness (QED) is 0.562. The lowest BCUT2D eigenvalue weighted by atomic mass is 10.1. The number of carboxylic acids is 2. The Morgan fingerprint density at radius 2 is 1.43 bits per heavy atom. The summed E-state index contributed by atoms with van der Waals surface area (Å²) in [5, 5.41) is 18.5. The number of carbonyl (C=O) groups is 2. The molecule has 2 fully saturated rings. The van der Waals surface area contributed by atoms with E-state index in [0.29, 0.717) is 12.1 Å². The molecule has 9 nitrogen and oxygen atoms in total. The lowest BCUT2D eigenvalue weighted by Gasteiger charge is -2.24. The summed E-state index contributed by atoms with van der Waals surface area (Å²) in [6.45, 7) is 8.53. The van der Waals surface area contributed by atoms with Gasteiger partial charge in [0.05, 0.1) is 12.7 Å². The Bertz CT molecular complexity index is 1020. The van der Waals surface area contributed by atoms with Crippen molar-refractivity contribution in [2.45, 2.75) is 64.2 Å². The minimum atomic E-state index is -5.08. The fraction of sp³-hybridized carbons (Fsp3) is 0.591. The zero-order valence-electron chi connectivity index (χ0n) is 20.3. The fourth-order valence-corrected chi connectivity index (χ4v) is 4.27. The van der Waals surface area contributed by atoms with Crippen LogP contribution in [0.2, 0.25) is 0 Å². The largest absolute Gasteiger partial charge is 0.490 e. The van der Waals surface area contributed by atoms with Crippen LogP contribution in [0.5, 0.6) is 0 Å². The normalized spacial score (nSPS) is 20.0. The Hall–Kier alpha value is -3.07. The molecule has 37 heavy (non-hydrogen) atoms. The van der Waals surface area contributed by atoms with E-state index in [-0.39, 0.29) is 0 Å². The van der Waals surface area contributed by atoms with Crippen molar-refractivity contribution >= 4 is 11.9 Å². The summed E-state index contributed by atoms with van der Waals surface area (Å²) >= 11 is 0. The third kappa shape index (κ3) is 8.77. The number of furan rings is 1. The number of hydrogen-bond acceptors (Lipinski definition) is 6. The fourth-order valence-electron chi connectivity index (χ4n) is 4.27. The second-order valence-electron chi connectivity index (χ2n) is 8.73. The Balaban J connectivity index is 0.000000286. The molecule has 208 valence electrons. The molecular weight excluding hydrogens is 514 g/mol. The van der Waals surface area contributed by atoms with Gasteiger partial charge in [0, 0.05) is 50.5 Å². The van der Waals surface area contributed by atoms with Crippen molar-refractivity contribution in [1.82, 2.24) is 19.6 Å². The van der Waals surface area contributed by atoms with Crippen molar-refractivity contribution in [2.75, 3.05) is 13.1 Å². The summed E-state index contributed by atoms with van der Waals surface area (Å²) < 4.78 is 71.3. The highest BCUT2D eigenvalue weighted by Crippen LogP contribution is 2.34. The molecule has 15 heteroatoms. The molecule has 0 aromatic carbocycles. The third-order valence-corrected chi connectivity index (χ3v) is 6.01. The van der Waals surface area contributed by atoms with Crippen molar-refractivity contribution in [3.8, 4) is 0 Å². The van der Waals surface area contributed by atoms with Crippen molar-refractivity contribution in [3.05, 3.63) is 41.1 Å². The van der Waals surface area contributed by atoms with Crippen LogP contribution in [0.25, 0.3) is 0 Å². The molecule has 0 unspecified atom stereocenters. The van der Waals surface area contributed by atoms with E-state index in [9.17, 15) is 26.3 Å². The van der Waals surface area contributed by atoms with Gasteiger partial charge in [0.2, 0.25) is 0 Å². The summed E-state index contributed by atoms with van der Waals surface area (Å²) in [5.74, 6) is -3.34. The number of halogens is 6. The van der Waals surface area contributed by atoms with Gasteiger partial charge < -0.3 is 14.6 Å². The minimum Gasteiger partial charge on any atom is -0.475 e. The molecule has 2 aromatic heterocycles. The van der Waals surface area contributed by atoms with Gasteiger partial charge >= 0.3 is 24.3 Å². The highest BCUT2D eigenvalue weighted by molar-refractivity contribution is 5.73. The average molecular weight is 542 g/mol. The number of aliphatic carboxylic acids is 2. The molecule has 2 N–H and O–H groups in total. The van der Waals surface area contributed by atoms with Crippen LogP contribution in [0.4, 0.5) is 26.3 Å². The average Bonchev–Trinajstić information content (AvgIpc) is 3.51. The predicted octanol–water partition coefficient (Wildman–Crippen LogP) is 3.75. The Labute approximate surface area is 208 Å². The zero-order chi connectivity index (χ0) is 28.1. The van der Waals surface area contributed by atoms with Crippen LogP contribution < -0.4 is 0 Å². The number of rotatable bonds is 4. The molecule has 0 aliphatic carbocycles. The summed E-state index contributed by atoms with van der Waals surface area (Å²) in [6.07, 6.45) is -3.50. The number of nitrogens with zero attached hydrogens (tertiary/aromatic N) is 4. The maximum atomic E-state index is 10.6. The summed E-state index contributed by atoms with van der Waals surface area (Å²) in [4.78, 5) is 23.0. The van der Waals surface area contributed by atoms with E-state index in [4.69, 9.17) is 24.2 Å². The predicted molar refractivity (Wildman–Crippen MR) is 116 cm³/mol. The van der Waals surface area contributed by atoms with Crippen molar-refractivity contribution in [1.29, 1.82) is 0 Å². The van der Waals surface area contributed by atoms with Gasteiger partial charge in [-0.2, -0.15) is 31.4 Å². The SMILES string of the molecule is Cc1cc(CN2CC[C@H]3[C@H]2CCN3Cc2cnn(C)c2)oc1C.O=C(O)C(F)(F)F.O=C(O)C(F)(F)F. The molecule has 0 spiro atoms. The molecule has 0 amide bonds. The molecular formula is C22H28F6N4O5. The molecule has 0 saturated carbocycles. The number of aromatic nitrogens is 2. The first-order valence-corrected chi connectivity index (χ1v) is 11.1. The number of hydrogen-bond donors (Lipinski definition) is 2. The smallest absolute Gasteiger partial charge is 0.475 e. The van der Waals surface area contributed by atoms with E-state index in [1.165, 1.54) is 37.1 Å². The van der Waals surface area contributed by atoms with E-state index in [1.54, 1.807) is 0 Å². The minimum absolute atomic E-state index is 0.678. The van der Waals surface area contributed by atoms with Gasteiger partial charge in [-0.25, -0.2) is 9.59 Å². The van der Waals surface area contributed by atoms with Gasteiger partial charge in [0.15, 0.2) is 0 Å². The van der Waals surface area contributed by atoms with Crippen LogP contribution >= 0.6 is 0 Å². The number of likely N-dealkylation sites (tertiary alicyclic amines) is 2. The van der Waals surface area contributed by atoms with Crippen LogP contribution in [-0.4, -0.2) is 79.3 Å². The number of aryl methyl sites for hydroxylation is 3.